The van der Waals surface area contributed by atoms with Gasteiger partial charge in [-0.2, -0.15) is 0 Å². The third kappa shape index (κ3) is 8.82. The van der Waals surface area contributed by atoms with Crippen LogP contribution in [0.25, 0.3) is 129 Å². The van der Waals surface area contributed by atoms with Crippen LogP contribution in [0.3, 0.4) is 0 Å². The standard InChI is InChI=1S/C84H48S6/c1-4-21-58(22-5-1)85-73-43-64-67-46-76(88-70-40-36-55-32-29-49-14-10-16-52-34-38-62(70)83(55)79(49)52)74(86-59-23-6-2-7-24-59)44-65(67)69-48-78(90-72-42-57-20-12-18-51-28-31-54-19-13-27-61(72)82(54)81(51)57)75(87-60-25-8-3-9-26-60)45-66(69)68(64)47-77(73)89-71-41-37-56-33-30-50-15-11-17-53-35-39-63(71)84(56)80(50)53/h1-48H. The van der Waals surface area contributed by atoms with Gasteiger partial charge in [0.2, 0.25) is 0 Å². The van der Waals surface area contributed by atoms with Crippen LogP contribution in [-0.4, -0.2) is 0 Å². The van der Waals surface area contributed by atoms with Crippen molar-refractivity contribution in [3.63, 3.8) is 0 Å². The van der Waals surface area contributed by atoms with Gasteiger partial charge in [-0.1, -0.05) is 271 Å². The van der Waals surface area contributed by atoms with Gasteiger partial charge in [0.05, 0.1) is 0 Å². The van der Waals surface area contributed by atoms with E-state index in [4.69, 9.17) is 0 Å². The molecule has 19 rings (SSSR count). The highest BCUT2D eigenvalue weighted by molar-refractivity contribution is 8.03. The molecule has 0 heterocycles. The maximum absolute atomic E-state index is 2.56. The van der Waals surface area contributed by atoms with Crippen LogP contribution in [0.15, 0.2) is 350 Å². The molecule has 6 heteroatoms. The van der Waals surface area contributed by atoms with Crippen molar-refractivity contribution in [3.8, 4) is 0 Å². The largest absolute Gasteiger partial charge is 0.0889 e. The van der Waals surface area contributed by atoms with Gasteiger partial charge in [-0.3, -0.25) is 0 Å². The molecular formula is C84H48S6. The van der Waals surface area contributed by atoms with Crippen molar-refractivity contribution in [1.82, 2.24) is 0 Å². The first-order valence-electron chi connectivity index (χ1n) is 30.3. The van der Waals surface area contributed by atoms with Gasteiger partial charge >= 0.3 is 0 Å². The number of hydrogen-bond acceptors (Lipinski definition) is 6. The Morgan fingerprint density at radius 2 is 0.389 bits per heavy atom. The second kappa shape index (κ2) is 21.4. The van der Waals surface area contributed by atoms with E-state index in [1.165, 1.54) is 188 Å². The monoisotopic (exact) mass is 1250 g/mol. The quantitative estimate of drug-likeness (QED) is 0.111. The van der Waals surface area contributed by atoms with Crippen molar-refractivity contribution in [1.29, 1.82) is 0 Å². The van der Waals surface area contributed by atoms with Crippen LogP contribution in [0.4, 0.5) is 0 Å². The van der Waals surface area contributed by atoms with Crippen LogP contribution >= 0.6 is 70.6 Å². The van der Waals surface area contributed by atoms with Gasteiger partial charge in [-0.15, -0.1) is 0 Å². The lowest BCUT2D eigenvalue weighted by molar-refractivity contribution is 1.25. The fourth-order valence-corrected chi connectivity index (χ4v) is 20.5. The summed E-state index contributed by atoms with van der Waals surface area (Å²) in [7, 11) is 0. The molecule has 0 atom stereocenters. The Kier molecular flexibility index (Phi) is 12.6. The molecule has 0 aliphatic rings. The molecule has 0 saturated carbocycles. The fourth-order valence-electron chi connectivity index (χ4n) is 14.1. The van der Waals surface area contributed by atoms with Crippen molar-refractivity contribution in [2.45, 2.75) is 58.7 Å². The van der Waals surface area contributed by atoms with E-state index in [0.717, 1.165) is 0 Å². The van der Waals surface area contributed by atoms with E-state index in [9.17, 15) is 0 Å². The zero-order valence-electron chi connectivity index (χ0n) is 48.2. The minimum Gasteiger partial charge on any atom is -0.0889 e. The Balaban J connectivity index is 0.900. The fraction of sp³-hybridized carbons (Fsp3) is 0. The van der Waals surface area contributed by atoms with Gasteiger partial charge < -0.3 is 0 Å². The highest BCUT2D eigenvalue weighted by Gasteiger charge is 2.24. The highest BCUT2D eigenvalue weighted by atomic mass is 32.2. The van der Waals surface area contributed by atoms with Crippen molar-refractivity contribution < 1.29 is 0 Å². The first kappa shape index (κ1) is 53.1. The molecule has 0 nitrogen and oxygen atoms in total. The van der Waals surface area contributed by atoms with Crippen LogP contribution in [0, 0.1) is 0 Å². The summed E-state index contributed by atoms with van der Waals surface area (Å²) in [5.41, 5.74) is 0. The van der Waals surface area contributed by atoms with Gasteiger partial charge in [-0.25, -0.2) is 0 Å². The van der Waals surface area contributed by atoms with E-state index in [1.54, 1.807) is 0 Å². The number of benzene rings is 19. The first-order chi connectivity index (χ1) is 44.5. The molecule has 0 saturated heterocycles. The van der Waals surface area contributed by atoms with E-state index in [-0.39, 0.29) is 0 Å². The Morgan fingerprint density at radius 1 is 0.133 bits per heavy atom. The molecule has 90 heavy (non-hydrogen) atoms. The van der Waals surface area contributed by atoms with E-state index < -0.39 is 0 Å². The van der Waals surface area contributed by atoms with Gasteiger partial charge in [0.1, 0.15) is 0 Å². The van der Waals surface area contributed by atoms with Gasteiger partial charge in [-0.05, 0) is 220 Å². The number of hydrogen-bond donors (Lipinski definition) is 0. The minimum absolute atomic E-state index is 1.21. The van der Waals surface area contributed by atoms with Crippen LogP contribution in [-0.2, 0) is 0 Å². The summed E-state index contributed by atoms with van der Waals surface area (Å²) in [6, 6.07) is 110. The molecule has 0 spiro atoms. The summed E-state index contributed by atoms with van der Waals surface area (Å²) in [5, 5.41) is 30.8. The molecule has 0 bridgehead atoms. The molecule has 0 N–H and O–H groups in total. The highest BCUT2D eigenvalue weighted by Crippen LogP contribution is 2.54. The molecule has 0 unspecified atom stereocenters. The minimum atomic E-state index is 1.21. The second-order valence-electron chi connectivity index (χ2n) is 23.3. The van der Waals surface area contributed by atoms with Gasteiger partial charge in [0, 0.05) is 58.7 Å². The van der Waals surface area contributed by atoms with E-state index in [0.29, 0.717) is 0 Å². The summed E-state index contributed by atoms with van der Waals surface area (Å²) in [6.07, 6.45) is 0. The molecule has 19 aromatic rings. The summed E-state index contributed by atoms with van der Waals surface area (Å²) < 4.78 is 0. The van der Waals surface area contributed by atoms with Crippen molar-refractivity contribution in [2.75, 3.05) is 0 Å². The predicted molar refractivity (Wildman–Crippen MR) is 393 cm³/mol. The summed E-state index contributed by atoms with van der Waals surface area (Å²) in [5.74, 6) is 0. The molecule has 0 fully saturated rings. The normalized spacial score (nSPS) is 12.3. The third-order valence-corrected chi connectivity index (χ3v) is 25.1. The maximum Gasteiger partial charge on any atom is 0.0268 e. The summed E-state index contributed by atoms with van der Waals surface area (Å²) in [6.45, 7) is 0. The first-order valence-corrected chi connectivity index (χ1v) is 35.2. The number of fused-ring (bicyclic) bond motifs is 6. The Hall–Kier alpha value is -8.82. The maximum atomic E-state index is 2.56. The average molecular weight is 1250 g/mol. The average Bonchev–Trinajstić information content (AvgIpc) is 0.858. The predicted octanol–water partition coefficient (Wildman–Crippen LogP) is 26.7. The van der Waals surface area contributed by atoms with Crippen LogP contribution in [0.2, 0.25) is 0 Å². The zero-order chi connectivity index (χ0) is 59.0. The summed E-state index contributed by atoms with van der Waals surface area (Å²) >= 11 is 11.3. The lowest BCUT2D eigenvalue weighted by atomic mass is 9.94. The second-order valence-corrected chi connectivity index (χ2v) is 29.9. The van der Waals surface area contributed by atoms with Gasteiger partial charge in [0.15, 0.2) is 0 Å². The van der Waals surface area contributed by atoms with Crippen LogP contribution < -0.4 is 0 Å². The lowest BCUT2D eigenvalue weighted by Gasteiger charge is -2.21. The Morgan fingerprint density at radius 3 is 0.756 bits per heavy atom. The van der Waals surface area contributed by atoms with E-state index >= 15 is 0 Å². The molecule has 0 aromatic heterocycles. The summed E-state index contributed by atoms with van der Waals surface area (Å²) in [4.78, 5) is 14.8. The molecule has 0 aliphatic carbocycles. The molecular weight excluding hydrogens is 1200 g/mol. The zero-order valence-corrected chi connectivity index (χ0v) is 53.1. The van der Waals surface area contributed by atoms with E-state index in [1.807, 2.05) is 70.6 Å². The Labute approximate surface area is 545 Å². The van der Waals surface area contributed by atoms with E-state index in [2.05, 4.69) is 291 Å². The van der Waals surface area contributed by atoms with Crippen molar-refractivity contribution >= 4 is 200 Å². The smallest absolute Gasteiger partial charge is 0.0268 e. The molecule has 0 amide bonds. The topological polar surface area (TPSA) is 0 Å². The molecule has 19 aromatic carbocycles. The molecule has 420 valence electrons. The van der Waals surface area contributed by atoms with Crippen LogP contribution in [0.1, 0.15) is 0 Å². The molecule has 0 aliphatic heterocycles. The Bertz CT molecular complexity index is 5870. The van der Waals surface area contributed by atoms with Gasteiger partial charge in [0.25, 0.3) is 0 Å². The lowest BCUT2D eigenvalue weighted by Crippen LogP contribution is -1.92. The number of rotatable bonds is 12. The van der Waals surface area contributed by atoms with Crippen molar-refractivity contribution in [3.05, 3.63) is 291 Å². The molecule has 0 radical (unpaired) electrons. The van der Waals surface area contributed by atoms with Crippen molar-refractivity contribution in [2.24, 2.45) is 0 Å². The SMILES string of the molecule is c1ccc(Sc2cc3c(cc2Sc2ccc4ccc5cccc6ccc2c4c56)c2cc(Sc4ccccc4)c(Sc4cc5cccc6ccc7cccc4c7c65)cc2c2cc(Sc4ccccc4)c(Sc4ccc5ccc6cccc7ccc4c5c67)cc32)cc1. The third-order valence-electron chi connectivity index (χ3n) is 18.1. The van der Waals surface area contributed by atoms with Crippen LogP contribution in [0.5, 0.6) is 0 Å².